The van der Waals surface area contributed by atoms with E-state index in [1.54, 1.807) is 6.20 Å². The molecule has 0 spiro atoms. The van der Waals surface area contributed by atoms with Crippen molar-refractivity contribution in [2.24, 2.45) is 0 Å². The standard InChI is InChI=1S/C12H19NO5S/c1-18-12(15)11(19(2,16)17)4-3-7-13-8-5-10(14)6-9-13/h3-4,7,10,14H,5-6,8-9H2,1-2H3/b7-3+,11-4+. The minimum Gasteiger partial charge on any atom is -0.465 e. The number of allylic oxidation sites excluding steroid dienone is 2. The van der Waals surface area contributed by atoms with E-state index in [0.29, 0.717) is 25.9 Å². The van der Waals surface area contributed by atoms with Gasteiger partial charge >= 0.3 is 5.97 Å². The Labute approximate surface area is 113 Å². The van der Waals surface area contributed by atoms with Crippen LogP contribution >= 0.6 is 0 Å². The average molecular weight is 289 g/mol. The Bertz CT molecular complexity index is 472. The lowest BCUT2D eigenvalue weighted by molar-refractivity contribution is -0.135. The first-order valence-corrected chi connectivity index (χ1v) is 7.82. The predicted molar refractivity (Wildman–Crippen MR) is 70.9 cm³/mol. The van der Waals surface area contributed by atoms with Crippen LogP contribution in [0, 0.1) is 0 Å². The molecule has 1 heterocycles. The van der Waals surface area contributed by atoms with Gasteiger partial charge in [-0.25, -0.2) is 13.2 Å². The Morgan fingerprint density at radius 3 is 2.42 bits per heavy atom. The van der Waals surface area contributed by atoms with Gasteiger partial charge in [0, 0.05) is 19.3 Å². The zero-order chi connectivity index (χ0) is 14.5. The van der Waals surface area contributed by atoms with E-state index in [4.69, 9.17) is 0 Å². The SMILES string of the molecule is COC(=O)/C(=C\C=C\N1CCC(O)CC1)S(C)(=O)=O. The van der Waals surface area contributed by atoms with E-state index in [0.717, 1.165) is 13.4 Å². The summed E-state index contributed by atoms with van der Waals surface area (Å²) in [5.74, 6) is -0.874. The predicted octanol–water partition coefficient (Wildman–Crippen LogP) is 0.0583. The van der Waals surface area contributed by atoms with Gasteiger partial charge in [0.2, 0.25) is 0 Å². The normalized spacial score (nSPS) is 18.9. The average Bonchev–Trinajstić information content (AvgIpc) is 2.34. The summed E-state index contributed by atoms with van der Waals surface area (Å²) in [4.78, 5) is 12.9. The van der Waals surface area contributed by atoms with Gasteiger partial charge in [-0.2, -0.15) is 0 Å². The van der Waals surface area contributed by atoms with Crippen LogP contribution in [-0.4, -0.2) is 57.0 Å². The molecule has 6 nitrogen and oxygen atoms in total. The van der Waals surface area contributed by atoms with Crippen molar-refractivity contribution in [3.8, 4) is 0 Å². The number of esters is 1. The molecule has 0 unspecified atom stereocenters. The monoisotopic (exact) mass is 289 g/mol. The molecule has 0 radical (unpaired) electrons. The van der Waals surface area contributed by atoms with Crippen LogP contribution in [0.4, 0.5) is 0 Å². The molecule has 0 atom stereocenters. The van der Waals surface area contributed by atoms with Gasteiger partial charge in [0.05, 0.1) is 13.2 Å². The Morgan fingerprint density at radius 2 is 1.95 bits per heavy atom. The van der Waals surface area contributed by atoms with Crippen LogP contribution in [0.25, 0.3) is 0 Å². The molecule has 0 aromatic rings. The number of hydrogen-bond donors (Lipinski definition) is 1. The third-order valence-electron chi connectivity index (χ3n) is 2.83. The largest absolute Gasteiger partial charge is 0.465 e. The Balaban J connectivity index is 2.73. The number of rotatable bonds is 4. The number of ether oxygens (including phenoxy) is 1. The van der Waals surface area contributed by atoms with Crippen molar-refractivity contribution in [3.05, 3.63) is 23.3 Å². The molecule has 0 bridgehead atoms. The first-order valence-electron chi connectivity index (χ1n) is 5.93. The summed E-state index contributed by atoms with van der Waals surface area (Å²) in [6, 6.07) is 0. The lowest BCUT2D eigenvalue weighted by atomic mass is 10.1. The van der Waals surface area contributed by atoms with E-state index < -0.39 is 15.8 Å². The van der Waals surface area contributed by atoms with Crippen LogP contribution in [0.5, 0.6) is 0 Å². The number of piperidine rings is 1. The van der Waals surface area contributed by atoms with Crippen LogP contribution < -0.4 is 0 Å². The molecular formula is C12H19NO5S. The second kappa shape index (κ2) is 6.72. The van der Waals surface area contributed by atoms with Crippen LogP contribution in [0.1, 0.15) is 12.8 Å². The fourth-order valence-corrected chi connectivity index (χ4v) is 2.44. The van der Waals surface area contributed by atoms with Crippen molar-refractivity contribution in [3.63, 3.8) is 0 Å². The van der Waals surface area contributed by atoms with Crippen LogP contribution in [0.15, 0.2) is 23.3 Å². The molecule has 1 aliphatic heterocycles. The number of carbonyl (C=O) groups excluding carboxylic acids is 1. The molecule has 0 aliphatic carbocycles. The van der Waals surface area contributed by atoms with Gasteiger partial charge in [0.25, 0.3) is 0 Å². The van der Waals surface area contributed by atoms with E-state index in [9.17, 15) is 18.3 Å². The van der Waals surface area contributed by atoms with Crippen molar-refractivity contribution < 1.29 is 23.1 Å². The number of carbonyl (C=O) groups is 1. The molecule has 1 fully saturated rings. The lowest BCUT2D eigenvalue weighted by Gasteiger charge is -2.28. The third-order valence-corrected chi connectivity index (χ3v) is 3.93. The van der Waals surface area contributed by atoms with Crippen molar-refractivity contribution in [2.75, 3.05) is 26.5 Å². The van der Waals surface area contributed by atoms with Gasteiger partial charge < -0.3 is 14.7 Å². The molecule has 7 heteroatoms. The molecule has 1 saturated heterocycles. The van der Waals surface area contributed by atoms with E-state index in [2.05, 4.69) is 4.74 Å². The van der Waals surface area contributed by atoms with E-state index >= 15 is 0 Å². The topological polar surface area (TPSA) is 83.9 Å². The maximum Gasteiger partial charge on any atom is 0.349 e. The van der Waals surface area contributed by atoms with Crippen LogP contribution in [-0.2, 0) is 19.4 Å². The number of aliphatic hydroxyl groups excluding tert-OH is 1. The molecule has 0 aromatic heterocycles. The highest BCUT2D eigenvalue weighted by Crippen LogP contribution is 2.11. The molecule has 1 N–H and O–H groups in total. The van der Waals surface area contributed by atoms with Gasteiger partial charge in [0.15, 0.2) is 14.7 Å². The highest BCUT2D eigenvalue weighted by atomic mass is 32.2. The number of nitrogens with zero attached hydrogens (tertiary/aromatic N) is 1. The summed E-state index contributed by atoms with van der Waals surface area (Å²) in [7, 11) is -2.48. The highest BCUT2D eigenvalue weighted by molar-refractivity contribution is 7.95. The van der Waals surface area contributed by atoms with Gasteiger partial charge in [-0.05, 0) is 31.2 Å². The first kappa shape index (κ1) is 15.7. The Kier molecular flexibility index (Phi) is 5.56. The quantitative estimate of drug-likeness (QED) is 0.447. The summed E-state index contributed by atoms with van der Waals surface area (Å²) in [6.07, 6.45) is 6.51. The summed E-state index contributed by atoms with van der Waals surface area (Å²) in [5, 5.41) is 9.35. The zero-order valence-corrected chi connectivity index (χ0v) is 11.9. The van der Waals surface area contributed by atoms with Crippen molar-refractivity contribution >= 4 is 15.8 Å². The molecule has 19 heavy (non-hydrogen) atoms. The summed E-state index contributed by atoms with van der Waals surface area (Å²) >= 11 is 0. The number of hydrogen-bond acceptors (Lipinski definition) is 6. The zero-order valence-electron chi connectivity index (χ0n) is 11.1. The molecule has 0 saturated carbocycles. The van der Waals surface area contributed by atoms with Gasteiger partial charge in [-0.15, -0.1) is 0 Å². The third kappa shape index (κ3) is 5.04. The van der Waals surface area contributed by atoms with Crippen molar-refractivity contribution in [2.45, 2.75) is 18.9 Å². The molecule has 108 valence electrons. The van der Waals surface area contributed by atoms with E-state index in [-0.39, 0.29) is 11.0 Å². The Hall–Kier alpha value is -1.34. The fraction of sp³-hybridized carbons (Fsp3) is 0.583. The molecule has 0 amide bonds. The molecule has 0 aromatic carbocycles. The van der Waals surface area contributed by atoms with Gasteiger partial charge in [-0.3, -0.25) is 0 Å². The highest BCUT2D eigenvalue weighted by Gasteiger charge is 2.20. The smallest absolute Gasteiger partial charge is 0.349 e. The summed E-state index contributed by atoms with van der Waals surface area (Å²) in [5.41, 5.74) is 0. The number of aliphatic hydroxyl groups is 1. The second-order valence-corrected chi connectivity index (χ2v) is 6.39. The van der Waals surface area contributed by atoms with Gasteiger partial charge in [0.1, 0.15) is 0 Å². The van der Waals surface area contributed by atoms with Crippen LogP contribution in [0.3, 0.4) is 0 Å². The fourth-order valence-electron chi connectivity index (χ4n) is 1.73. The maximum absolute atomic E-state index is 11.4. The summed E-state index contributed by atoms with van der Waals surface area (Å²) < 4.78 is 27.2. The van der Waals surface area contributed by atoms with Crippen molar-refractivity contribution in [1.29, 1.82) is 0 Å². The number of methoxy groups -OCH3 is 1. The molecule has 1 aliphatic rings. The first-order chi connectivity index (χ1) is 8.84. The van der Waals surface area contributed by atoms with E-state index in [1.807, 2.05) is 4.90 Å². The maximum atomic E-state index is 11.4. The van der Waals surface area contributed by atoms with Gasteiger partial charge in [-0.1, -0.05) is 0 Å². The minimum absolute atomic E-state index is 0.262. The molecule has 1 rings (SSSR count). The Morgan fingerprint density at radius 1 is 1.37 bits per heavy atom. The second-order valence-electron chi connectivity index (χ2n) is 4.40. The number of sulfone groups is 1. The van der Waals surface area contributed by atoms with Crippen molar-refractivity contribution in [1.82, 2.24) is 4.90 Å². The minimum atomic E-state index is -3.61. The van der Waals surface area contributed by atoms with E-state index in [1.165, 1.54) is 12.2 Å². The van der Waals surface area contributed by atoms with Crippen LogP contribution in [0.2, 0.25) is 0 Å². The summed E-state index contributed by atoms with van der Waals surface area (Å²) in [6.45, 7) is 1.41. The molecular weight excluding hydrogens is 270 g/mol. The lowest BCUT2D eigenvalue weighted by Crippen LogP contribution is -2.31. The number of likely N-dealkylation sites (tertiary alicyclic amines) is 1.